The Kier molecular flexibility index (Phi) is 5.00. The molecule has 1 saturated heterocycles. The van der Waals surface area contributed by atoms with Crippen LogP contribution in [0.1, 0.15) is 75.5 Å². The minimum Gasteiger partial charge on any atom is -0.349 e. The van der Waals surface area contributed by atoms with Crippen LogP contribution >= 0.6 is 0 Å². The number of rotatable bonds is 5. The van der Waals surface area contributed by atoms with E-state index < -0.39 is 0 Å². The van der Waals surface area contributed by atoms with E-state index in [4.69, 9.17) is 5.10 Å². The predicted octanol–water partition coefficient (Wildman–Crippen LogP) is 2.98. The van der Waals surface area contributed by atoms with Gasteiger partial charge in [0, 0.05) is 25.6 Å². The molecule has 0 spiro atoms. The molecule has 3 rings (SSSR count). The van der Waals surface area contributed by atoms with Crippen molar-refractivity contribution >= 4 is 5.91 Å². The Labute approximate surface area is 145 Å². The van der Waals surface area contributed by atoms with Crippen molar-refractivity contribution in [3.8, 4) is 0 Å². The van der Waals surface area contributed by atoms with Crippen molar-refractivity contribution in [2.75, 3.05) is 26.2 Å². The lowest BCUT2D eigenvalue weighted by Gasteiger charge is -2.30. The van der Waals surface area contributed by atoms with E-state index in [1.165, 1.54) is 25.7 Å². The number of carbonyl (C=O) groups excluding carboxylic acids is 1. The maximum absolute atomic E-state index is 12.7. The lowest BCUT2D eigenvalue weighted by molar-refractivity contribution is 0.0925. The molecule has 24 heavy (non-hydrogen) atoms. The molecule has 0 bridgehead atoms. The highest BCUT2D eigenvalue weighted by molar-refractivity contribution is 5.92. The molecule has 1 N–H and O–H groups in total. The zero-order chi connectivity index (χ0) is 17.3. The van der Waals surface area contributed by atoms with E-state index in [0.29, 0.717) is 18.2 Å². The van der Waals surface area contributed by atoms with Crippen molar-refractivity contribution in [2.24, 2.45) is 5.92 Å². The SMILES string of the molecule is C[C@H]1CCCN(CCNC(=O)c2cc(C3CC3)nn2C(C)(C)C)C1. The van der Waals surface area contributed by atoms with Gasteiger partial charge in [-0.05, 0) is 65.0 Å². The van der Waals surface area contributed by atoms with E-state index in [9.17, 15) is 4.79 Å². The Hall–Kier alpha value is -1.36. The van der Waals surface area contributed by atoms with E-state index >= 15 is 0 Å². The van der Waals surface area contributed by atoms with Crippen LogP contribution in [-0.2, 0) is 5.54 Å². The Bertz CT molecular complexity index is 583. The number of hydrogen-bond acceptors (Lipinski definition) is 3. The van der Waals surface area contributed by atoms with E-state index in [1.54, 1.807) is 0 Å². The van der Waals surface area contributed by atoms with Crippen LogP contribution in [0.4, 0.5) is 0 Å². The monoisotopic (exact) mass is 332 g/mol. The van der Waals surface area contributed by atoms with Gasteiger partial charge in [0.15, 0.2) is 0 Å². The molecule has 1 amide bonds. The number of carbonyl (C=O) groups is 1. The Morgan fingerprint density at radius 1 is 1.33 bits per heavy atom. The van der Waals surface area contributed by atoms with E-state index in [-0.39, 0.29) is 11.4 Å². The minimum atomic E-state index is -0.178. The van der Waals surface area contributed by atoms with Crippen LogP contribution in [0.5, 0.6) is 0 Å². The van der Waals surface area contributed by atoms with Crippen molar-refractivity contribution in [2.45, 2.75) is 64.8 Å². The van der Waals surface area contributed by atoms with E-state index in [0.717, 1.165) is 31.2 Å². The maximum Gasteiger partial charge on any atom is 0.269 e. The summed E-state index contributed by atoms with van der Waals surface area (Å²) in [5, 5.41) is 7.82. The molecular formula is C19H32N4O. The van der Waals surface area contributed by atoms with Crippen molar-refractivity contribution in [3.05, 3.63) is 17.5 Å². The fourth-order valence-corrected chi connectivity index (χ4v) is 3.56. The number of piperidine rings is 1. The second-order valence-corrected chi connectivity index (χ2v) is 8.62. The molecule has 5 nitrogen and oxygen atoms in total. The Balaban J connectivity index is 1.60. The topological polar surface area (TPSA) is 50.2 Å². The summed E-state index contributed by atoms with van der Waals surface area (Å²) >= 11 is 0. The molecule has 0 aromatic carbocycles. The third-order valence-corrected chi connectivity index (χ3v) is 5.05. The number of nitrogens with zero attached hydrogens (tertiary/aromatic N) is 3. The minimum absolute atomic E-state index is 0.00869. The number of nitrogens with one attached hydrogen (secondary N) is 1. The molecule has 1 aliphatic heterocycles. The van der Waals surface area contributed by atoms with Gasteiger partial charge < -0.3 is 10.2 Å². The van der Waals surface area contributed by atoms with Gasteiger partial charge in [0.05, 0.1) is 11.2 Å². The van der Waals surface area contributed by atoms with Gasteiger partial charge in [-0.3, -0.25) is 9.48 Å². The van der Waals surface area contributed by atoms with Crippen molar-refractivity contribution in [3.63, 3.8) is 0 Å². The van der Waals surface area contributed by atoms with E-state index in [2.05, 4.69) is 37.9 Å². The van der Waals surface area contributed by atoms with Gasteiger partial charge in [-0.1, -0.05) is 6.92 Å². The quantitative estimate of drug-likeness (QED) is 0.902. The highest BCUT2D eigenvalue weighted by Crippen LogP contribution is 2.40. The number of amides is 1. The summed E-state index contributed by atoms with van der Waals surface area (Å²) in [7, 11) is 0. The van der Waals surface area contributed by atoms with Crippen molar-refractivity contribution in [1.29, 1.82) is 0 Å². The molecule has 2 heterocycles. The molecule has 5 heteroatoms. The van der Waals surface area contributed by atoms with Crippen LogP contribution in [-0.4, -0.2) is 46.8 Å². The molecular weight excluding hydrogens is 300 g/mol. The molecule has 1 saturated carbocycles. The largest absolute Gasteiger partial charge is 0.349 e. The molecule has 1 aromatic rings. The normalized spacial score (nSPS) is 22.6. The summed E-state index contributed by atoms with van der Waals surface area (Å²) in [5.74, 6) is 1.35. The molecule has 1 aromatic heterocycles. The van der Waals surface area contributed by atoms with Gasteiger partial charge in [0.2, 0.25) is 0 Å². The van der Waals surface area contributed by atoms with Gasteiger partial charge in [0.25, 0.3) is 5.91 Å². The Morgan fingerprint density at radius 3 is 2.71 bits per heavy atom. The molecule has 1 aliphatic carbocycles. The third-order valence-electron chi connectivity index (χ3n) is 5.05. The fourth-order valence-electron chi connectivity index (χ4n) is 3.56. The highest BCUT2D eigenvalue weighted by Gasteiger charge is 2.31. The number of aromatic nitrogens is 2. The molecule has 134 valence electrons. The van der Waals surface area contributed by atoms with Crippen LogP contribution in [0.15, 0.2) is 6.07 Å². The summed E-state index contributed by atoms with van der Waals surface area (Å²) in [6.07, 6.45) is 5.01. The van der Waals surface area contributed by atoms with Crippen molar-refractivity contribution < 1.29 is 4.79 Å². The smallest absolute Gasteiger partial charge is 0.269 e. The van der Waals surface area contributed by atoms with Gasteiger partial charge in [-0.25, -0.2) is 0 Å². The van der Waals surface area contributed by atoms with Crippen molar-refractivity contribution in [1.82, 2.24) is 20.0 Å². The summed E-state index contributed by atoms with van der Waals surface area (Å²) in [5.41, 5.74) is 1.61. The second-order valence-electron chi connectivity index (χ2n) is 8.62. The summed E-state index contributed by atoms with van der Waals surface area (Å²) < 4.78 is 1.90. The van der Waals surface area contributed by atoms with Crippen LogP contribution in [0.2, 0.25) is 0 Å². The van der Waals surface area contributed by atoms with Crippen LogP contribution in [0, 0.1) is 5.92 Å². The zero-order valence-electron chi connectivity index (χ0n) is 15.6. The average Bonchev–Trinajstić information content (AvgIpc) is 3.24. The summed E-state index contributed by atoms with van der Waals surface area (Å²) in [4.78, 5) is 15.1. The first kappa shape index (κ1) is 17.5. The Morgan fingerprint density at radius 2 is 2.08 bits per heavy atom. The summed E-state index contributed by atoms with van der Waals surface area (Å²) in [6, 6.07) is 2.00. The molecule has 0 radical (unpaired) electrons. The third kappa shape index (κ3) is 4.18. The number of likely N-dealkylation sites (tertiary alicyclic amines) is 1. The van der Waals surface area contributed by atoms with Gasteiger partial charge in [0.1, 0.15) is 5.69 Å². The zero-order valence-corrected chi connectivity index (χ0v) is 15.6. The first-order chi connectivity index (χ1) is 11.3. The molecule has 1 atom stereocenters. The molecule has 2 fully saturated rings. The first-order valence-electron chi connectivity index (χ1n) is 9.45. The predicted molar refractivity (Wildman–Crippen MR) is 96.4 cm³/mol. The molecule has 0 unspecified atom stereocenters. The van der Waals surface area contributed by atoms with Crippen LogP contribution in [0.3, 0.4) is 0 Å². The fraction of sp³-hybridized carbons (Fsp3) is 0.789. The van der Waals surface area contributed by atoms with Gasteiger partial charge in [-0.15, -0.1) is 0 Å². The lowest BCUT2D eigenvalue weighted by atomic mass is 10.0. The highest BCUT2D eigenvalue weighted by atomic mass is 16.2. The van der Waals surface area contributed by atoms with Gasteiger partial charge >= 0.3 is 0 Å². The van der Waals surface area contributed by atoms with Crippen LogP contribution < -0.4 is 5.32 Å². The standard InChI is InChI=1S/C19H32N4O/c1-14-6-5-10-22(13-14)11-9-20-18(24)17-12-16(15-7-8-15)21-23(17)19(2,3)4/h12,14-15H,5-11,13H2,1-4H3,(H,20,24)/t14-/m0/s1. The second kappa shape index (κ2) is 6.87. The maximum atomic E-state index is 12.7. The first-order valence-corrected chi connectivity index (χ1v) is 9.45. The van der Waals surface area contributed by atoms with Crippen LogP contribution in [0.25, 0.3) is 0 Å². The molecule has 2 aliphatic rings. The summed E-state index contributed by atoms with van der Waals surface area (Å²) in [6.45, 7) is 12.6. The number of hydrogen-bond donors (Lipinski definition) is 1. The lowest BCUT2D eigenvalue weighted by Crippen LogP contribution is -2.41. The average molecular weight is 332 g/mol. The van der Waals surface area contributed by atoms with Gasteiger partial charge in [-0.2, -0.15) is 5.10 Å². The van der Waals surface area contributed by atoms with E-state index in [1.807, 2.05) is 10.7 Å².